The topological polar surface area (TPSA) is 97.8 Å². The minimum atomic E-state index is -1.65. The number of ether oxygens (including phenoxy) is 1. The minimum absolute atomic E-state index is 0.0130. The molecule has 164 valence electrons. The van der Waals surface area contributed by atoms with E-state index in [1.54, 1.807) is 6.92 Å². The zero-order valence-electron chi connectivity index (χ0n) is 17.0. The van der Waals surface area contributed by atoms with Crippen LogP contribution in [0.1, 0.15) is 37.3 Å². The van der Waals surface area contributed by atoms with Gasteiger partial charge in [0.1, 0.15) is 12.0 Å². The fourth-order valence-corrected chi connectivity index (χ4v) is 6.43. The number of aromatic nitrogens is 1. The number of hydrogen-bond donors (Lipinski definition) is 2. The van der Waals surface area contributed by atoms with Gasteiger partial charge in [0.2, 0.25) is 5.43 Å². The fourth-order valence-electron chi connectivity index (χ4n) is 6.43. The van der Waals surface area contributed by atoms with E-state index in [0.717, 1.165) is 25.3 Å². The van der Waals surface area contributed by atoms with Gasteiger partial charge < -0.3 is 25.0 Å². The smallest absolute Gasteiger partial charge is 0.449 e. The summed E-state index contributed by atoms with van der Waals surface area (Å²) in [6.07, 6.45) is 1.83. The third kappa shape index (κ3) is 2.41. The molecule has 7 nitrogen and oxygen atoms in total. The summed E-state index contributed by atoms with van der Waals surface area (Å²) in [6, 6.07) is 0.585. The van der Waals surface area contributed by atoms with E-state index in [1.165, 1.54) is 10.8 Å². The Kier molecular flexibility index (Phi) is 3.54. The van der Waals surface area contributed by atoms with E-state index >= 15 is 4.39 Å². The summed E-state index contributed by atoms with van der Waals surface area (Å²) in [4.78, 5) is 25.8. The summed E-state index contributed by atoms with van der Waals surface area (Å²) in [5.74, 6) is -0.424. The Morgan fingerprint density at radius 1 is 1.39 bits per heavy atom. The molecule has 1 aromatic carbocycles. The number of pyridine rings is 1. The molecule has 4 fully saturated rings. The van der Waals surface area contributed by atoms with Gasteiger partial charge in [0.15, 0.2) is 5.75 Å². The molecular formula is C22H23F2N3O4. The van der Waals surface area contributed by atoms with E-state index in [1.807, 2.05) is 4.90 Å². The quantitative estimate of drug-likeness (QED) is 0.725. The van der Waals surface area contributed by atoms with Crippen LogP contribution in [0.25, 0.3) is 10.9 Å². The number of rotatable bonds is 3. The first-order valence-electron chi connectivity index (χ1n) is 10.6. The van der Waals surface area contributed by atoms with Gasteiger partial charge in [-0.05, 0) is 43.7 Å². The van der Waals surface area contributed by atoms with E-state index in [2.05, 4.69) is 4.74 Å². The first-order chi connectivity index (χ1) is 14.6. The minimum Gasteiger partial charge on any atom is -0.449 e. The number of anilines is 1. The number of hydrogen-bond acceptors (Lipinski definition) is 5. The van der Waals surface area contributed by atoms with Gasteiger partial charge in [0.05, 0.1) is 28.8 Å². The lowest BCUT2D eigenvalue weighted by molar-refractivity contribution is 0.143. The third-order valence-corrected chi connectivity index (χ3v) is 8.11. The Morgan fingerprint density at radius 2 is 2.13 bits per heavy atom. The molecule has 3 aliphatic carbocycles. The van der Waals surface area contributed by atoms with Crippen LogP contribution >= 0.6 is 0 Å². The highest BCUT2D eigenvalue weighted by Gasteiger charge is 2.72. The summed E-state index contributed by atoms with van der Waals surface area (Å²) in [5, 5.41) is 8.94. The fraction of sp³-hybridized carbons (Fsp3) is 0.545. The maximum atomic E-state index is 15.4. The molecule has 3 N–H and O–H groups in total. The molecule has 4 aliphatic rings. The molecule has 0 amide bonds. The van der Waals surface area contributed by atoms with Crippen molar-refractivity contribution >= 4 is 22.7 Å². The molecule has 2 aromatic rings. The molecule has 1 aromatic heterocycles. The predicted molar refractivity (Wildman–Crippen MR) is 109 cm³/mol. The van der Waals surface area contributed by atoms with Crippen LogP contribution in [0.15, 0.2) is 17.1 Å². The summed E-state index contributed by atoms with van der Waals surface area (Å²) in [7, 11) is 0. The van der Waals surface area contributed by atoms with Crippen molar-refractivity contribution in [1.82, 2.24) is 4.57 Å². The second kappa shape index (κ2) is 5.76. The summed E-state index contributed by atoms with van der Waals surface area (Å²) in [5.41, 5.74) is 7.06. The van der Waals surface area contributed by atoms with Crippen LogP contribution in [0.5, 0.6) is 5.75 Å². The average Bonchev–Trinajstić information content (AvgIpc) is 3.53. The molecule has 0 bridgehead atoms. The lowest BCUT2D eigenvalue weighted by atomic mass is 9.86. The Hall–Kier alpha value is -2.68. The Bertz CT molecular complexity index is 1220. The first-order valence-corrected chi connectivity index (χ1v) is 10.6. The van der Waals surface area contributed by atoms with Crippen molar-refractivity contribution in [3.63, 3.8) is 0 Å². The van der Waals surface area contributed by atoms with Gasteiger partial charge in [-0.2, -0.15) is 0 Å². The SMILES string of the molecule is Cc1c(N2CC3(N)CCC4CC43C2)c(F)cc2c(=O)c(OC(=O)O)cn([C@@H]3C[C@@H]3F)c12. The van der Waals surface area contributed by atoms with Crippen LogP contribution in [-0.2, 0) is 0 Å². The van der Waals surface area contributed by atoms with Crippen molar-refractivity contribution in [1.29, 1.82) is 0 Å². The molecule has 5 atom stereocenters. The molecule has 1 aliphatic heterocycles. The van der Waals surface area contributed by atoms with Crippen LogP contribution < -0.4 is 20.8 Å². The molecular weight excluding hydrogens is 408 g/mol. The number of aryl methyl sites for hydroxylation is 1. The number of carboxylic acid groups (broad SMARTS) is 1. The number of nitrogens with zero attached hydrogens (tertiary/aromatic N) is 2. The summed E-state index contributed by atoms with van der Waals surface area (Å²) >= 11 is 0. The maximum absolute atomic E-state index is 15.4. The molecule has 6 rings (SSSR count). The highest BCUT2D eigenvalue weighted by atomic mass is 19.1. The van der Waals surface area contributed by atoms with Crippen LogP contribution in [0.3, 0.4) is 0 Å². The van der Waals surface area contributed by atoms with Crippen LogP contribution in [-0.4, -0.2) is 40.6 Å². The van der Waals surface area contributed by atoms with Gasteiger partial charge in [-0.15, -0.1) is 0 Å². The monoisotopic (exact) mass is 431 g/mol. The van der Waals surface area contributed by atoms with E-state index in [4.69, 9.17) is 10.8 Å². The lowest BCUT2D eigenvalue weighted by Crippen LogP contribution is -2.47. The first kappa shape index (κ1) is 19.0. The van der Waals surface area contributed by atoms with Gasteiger partial charge in [0, 0.05) is 30.5 Å². The Labute approximate surface area is 176 Å². The highest BCUT2D eigenvalue weighted by Crippen LogP contribution is 2.70. The predicted octanol–water partition coefficient (Wildman–Crippen LogP) is 3.11. The lowest BCUT2D eigenvalue weighted by Gasteiger charge is -2.27. The molecule has 2 heterocycles. The molecule has 1 spiro atoms. The normalized spacial score (nSPS) is 35.2. The Balaban J connectivity index is 1.53. The van der Waals surface area contributed by atoms with Crippen molar-refractivity contribution in [3.8, 4) is 5.75 Å². The molecule has 3 saturated carbocycles. The second-order valence-corrected chi connectivity index (χ2v) is 9.75. The van der Waals surface area contributed by atoms with Crippen LogP contribution in [0.4, 0.5) is 19.3 Å². The zero-order chi connectivity index (χ0) is 21.9. The molecule has 0 radical (unpaired) electrons. The van der Waals surface area contributed by atoms with E-state index in [0.29, 0.717) is 35.8 Å². The van der Waals surface area contributed by atoms with E-state index < -0.39 is 35.4 Å². The van der Waals surface area contributed by atoms with Crippen molar-refractivity contribution in [2.75, 3.05) is 18.0 Å². The number of carbonyl (C=O) groups is 1. The Morgan fingerprint density at radius 3 is 2.74 bits per heavy atom. The van der Waals surface area contributed by atoms with Gasteiger partial charge >= 0.3 is 6.16 Å². The average molecular weight is 431 g/mol. The van der Waals surface area contributed by atoms with E-state index in [-0.39, 0.29) is 22.8 Å². The second-order valence-electron chi connectivity index (χ2n) is 9.75. The van der Waals surface area contributed by atoms with Crippen molar-refractivity contribution in [2.45, 2.75) is 50.4 Å². The molecule has 1 saturated heterocycles. The largest absolute Gasteiger partial charge is 0.511 e. The number of benzene rings is 1. The van der Waals surface area contributed by atoms with Gasteiger partial charge in [-0.3, -0.25) is 4.79 Å². The van der Waals surface area contributed by atoms with Gasteiger partial charge in [0.25, 0.3) is 0 Å². The standard InChI is InChI=1S/C22H23F2N3O4/c1-10-17-12(19(28)16(31-20(29)30)7-27(17)15-5-13(15)23)4-14(24)18(10)26-8-21-6-11(21)2-3-22(21,25)9-26/h4,7,11,13,15H,2-3,5-6,8-9,25H2,1H3,(H,29,30)/t11?,13-,15+,21?,22?/m0/s1. The van der Waals surface area contributed by atoms with Gasteiger partial charge in [-0.1, -0.05) is 0 Å². The van der Waals surface area contributed by atoms with Crippen LogP contribution in [0, 0.1) is 24.1 Å². The number of alkyl halides is 1. The summed E-state index contributed by atoms with van der Waals surface area (Å²) < 4.78 is 35.6. The maximum Gasteiger partial charge on any atom is 0.511 e. The highest BCUT2D eigenvalue weighted by molar-refractivity contribution is 5.89. The van der Waals surface area contributed by atoms with Crippen molar-refractivity contribution in [2.24, 2.45) is 17.1 Å². The zero-order valence-corrected chi connectivity index (χ0v) is 17.0. The van der Waals surface area contributed by atoms with Crippen molar-refractivity contribution in [3.05, 3.63) is 33.9 Å². The van der Waals surface area contributed by atoms with Crippen molar-refractivity contribution < 1.29 is 23.4 Å². The molecule has 9 heteroatoms. The number of nitrogens with two attached hydrogens (primary N) is 1. The third-order valence-electron chi connectivity index (χ3n) is 8.11. The molecule has 31 heavy (non-hydrogen) atoms. The van der Waals surface area contributed by atoms with E-state index in [9.17, 15) is 14.0 Å². The summed E-state index contributed by atoms with van der Waals surface area (Å²) in [6.45, 7) is 2.95. The van der Waals surface area contributed by atoms with Crippen LogP contribution in [0.2, 0.25) is 0 Å². The number of fused-ring (bicyclic) bond motifs is 1. The number of halogens is 2. The molecule has 3 unspecified atom stereocenters. The van der Waals surface area contributed by atoms with Gasteiger partial charge in [-0.25, -0.2) is 13.6 Å².